The van der Waals surface area contributed by atoms with E-state index < -0.39 is 0 Å². The summed E-state index contributed by atoms with van der Waals surface area (Å²) in [7, 11) is 0. The maximum absolute atomic E-state index is 6.20. The minimum Gasteiger partial charge on any atom is -0.123 e. The van der Waals surface area contributed by atoms with E-state index in [1.807, 2.05) is 6.08 Å². The molecule has 0 nitrogen and oxygen atoms in total. The molecule has 1 rings (SSSR count). The molecule has 13 heavy (non-hydrogen) atoms. The van der Waals surface area contributed by atoms with Crippen LogP contribution in [0.2, 0.25) is 0 Å². The lowest BCUT2D eigenvalue weighted by Gasteiger charge is -2.12. The third-order valence-corrected chi connectivity index (χ3v) is 3.62. The summed E-state index contributed by atoms with van der Waals surface area (Å²) in [4.78, 5) is 0. The summed E-state index contributed by atoms with van der Waals surface area (Å²) in [5.74, 6) is 0.824. The zero-order chi connectivity index (χ0) is 9.52. The van der Waals surface area contributed by atoms with E-state index in [-0.39, 0.29) is 0 Å². The van der Waals surface area contributed by atoms with Gasteiger partial charge in [-0.3, -0.25) is 0 Å². The van der Waals surface area contributed by atoms with E-state index in [4.69, 9.17) is 11.6 Å². The van der Waals surface area contributed by atoms with Crippen molar-refractivity contribution < 1.29 is 0 Å². The lowest BCUT2D eigenvalue weighted by molar-refractivity contribution is 0.473. The summed E-state index contributed by atoms with van der Waals surface area (Å²) in [6.07, 6.45) is 12.5. The quantitative estimate of drug-likeness (QED) is 0.336. The van der Waals surface area contributed by atoms with Crippen LogP contribution in [-0.4, -0.2) is 5.38 Å². The van der Waals surface area contributed by atoms with Crippen molar-refractivity contribution >= 4 is 11.6 Å². The van der Waals surface area contributed by atoms with Crippen molar-refractivity contribution in [3.8, 4) is 0 Å². The molecule has 2 unspecified atom stereocenters. The van der Waals surface area contributed by atoms with Gasteiger partial charge in [-0.1, -0.05) is 25.3 Å². The second-order valence-corrected chi connectivity index (χ2v) is 4.69. The number of alkyl halides is 1. The Morgan fingerprint density at radius 1 is 1.23 bits per heavy atom. The molecule has 0 radical (unpaired) electrons. The summed E-state index contributed by atoms with van der Waals surface area (Å²) >= 11 is 6.20. The molecule has 0 amide bonds. The Balaban J connectivity index is 1.95. The summed E-state index contributed by atoms with van der Waals surface area (Å²) in [6, 6.07) is 0. The Labute approximate surface area is 87.4 Å². The van der Waals surface area contributed by atoms with Crippen molar-refractivity contribution in [1.82, 2.24) is 0 Å². The summed E-state index contributed by atoms with van der Waals surface area (Å²) in [5, 5.41) is 0.486. The van der Waals surface area contributed by atoms with Gasteiger partial charge in [0.1, 0.15) is 0 Å². The van der Waals surface area contributed by atoms with E-state index >= 15 is 0 Å². The lowest BCUT2D eigenvalue weighted by atomic mass is 9.99. The minimum absolute atomic E-state index is 0.486. The molecular weight excluding hydrogens is 180 g/mol. The SMILES string of the molecule is C=CCCCCCC1CCCC1Cl. The number of hydrogen-bond donors (Lipinski definition) is 0. The highest BCUT2D eigenvalue weighted by Crippen LogP contribution is 2.33. The number of halogens is 1. The van der Waals surface area contributed by atoms with E-state index in [1.165, 1.54) is 51.4 Å². The fourth-order valence-electron chi connectivity index (χ4n) is 2.19. The van der Waals surface area contributed by atoms with Crippen molar-refractivity contribution in [2.24, 2.45) is 5.92 Å². The summed E-state index contributed by atoms with van der Waals surface area (Å²) in [5.41, 5.74) is 0. The van der Waals surface area contributed by atoms with Crippen LogP contribution in [0.15, 0.2) is 12.7 Å². The predicted octanol–water partition coefficient (Wildman–Crippen LogP) is 4.53. The van der Waals surface area contributed by atoms with E-state index in [1.54, 1.807) is 0 Å². The molecule has 0 saturated heterocycles. The van der Waals surface area contributed by atoms with Crippen LogP contribution in [-0.2, 0) is 0 Å². The van der Waals surface area contributed by atoms with Crippen LogP contribution < -0.4 is 0 Å². The van der Waals surface area contributed by atoms with Gasteiger partial charge in [0.15, 0.2) is 0 Å². The van der Waals surface area contributed by atoms with Gasteiger partial charge in [-0.05, 0) is 38.0 Å². The molecule has 1 heteroatoms. The lowest BCUT2D eigenvalue weighted by Crippen LogP contribution is -2.06. The van der Waals surface area contributed by atoms with Crippen LogP contribution in [0, 0.1) is 5.92 Å². The van der Waals surface area contributed by atoms with E-state index in [0.29, 0.717) is 5.38 Å². The van der Waals surface area contributed by atoms with Crippen LogP contribution in [0.25, 0.3) is 0 Å². The van der Waals surface area contributed by atoms with Gasteiger partial charge in [0.05, 0.1) is 0 Å². The molecule has 0 aromatic rings. The van der Waals surface area contributed by atoms with Gasteiger partial charge in [0.25, 0.3) is 0 Å². The third-order valence-electron chi connectivity index (χ3n) is 3.05. The molecular formula is C12H21Cl. The standard InChI is InChI=1S/C12H21Cl/c1-2-3-4-5-6-8-11-9-7-10-12(11)13/h2,11-12H,1,3-10H2. The molecule has 0 heterocycles. The monoisotopic (exact) mass is 200 g/mol. The first-order valence-corrected chi connectivity index (χ1v) is 6.03. The highest BCUT2D eigenvalue weighted by atomic mass is 35.5. The normalized spacial score (nSPS) is 27.8. The molecule has 76 valence electrons. The number of allylic oxidation sites excluding steroid dienone is 1. The predicted molar refractivity (Wildman–Crippen MR) is 60.3 cm³/mol. The Hall–Kier alpha value is 0.0300. The highest BCUT2D eigenvalue weighted by Gasteiger charge is 2.24. The zero-order valence-corrected chi connectivity index (χ0v) is 9.23. The van der Waals surface area contributed by atoms with Gasteiger partial charge < -0.3 is 0 Å². The maximum atomic E-state index is 6.20. The Morgan fingerprint density at radius 3 is 2.69 bits per heavy atom. The second kappa shape index (κ2) is 6.48. The van der Waals surface area contributed by atoms with Gasteiger partial charge in [-0.25, -0.2) is 0 Å². The van der Waals surface area contributed by atoms with Crippen molar-refractivity contribution in [3.05, 3.63) is 12.7 Å². The molecule has 1 fully saturated rings. The molecule has 0 spiro atoms. The van der Waals surface area contributed by atoms with Crippen LogP contribution >= 0.6 is 11.6 Å². The van der Waals surface area contributed by atoms with Crippen LogP contribution in [0.4, 0.5) is 0 Å². The zero-order valence-electron chi connectivity index (χ0n) is 8.47. The van der Waals surface area contributed by atoms with Crippen molar-refractivity contribution in [1.29, 1.82) is 0 Å². The van der Waals surface area contributed by atoms with Crippen molar-refractivity contribution in [3.63, 3.8) is 0 Å². The number of hydrogen-bond acceptors (Lipinski definition) is 0. The third kappa shape index (κ3) is 4.17. The topological polar surface area (TPSA) is 0 Å². The average molecular weight is 201 g/mol. The first-order valence-electron chi connectivity index (χ1n) is 5.59. The van der Waals surface area contributed by atoms with Gasteiger partial charge in [0.2, 0.25) is 0 Å². The van der Waals surface area contributed by atoms with Crippen LogP contribution in [0.1, 0.15) is 51.4 Å². The Bertz CT molecular complexity index is 142. The van der Waals surface area contributed by atoms with Gasteiger partial charge in [0, 0.05) is 5.38 Å². The van der Waals surface area contributed by atoms with E-state index in [0.717, 1.165) is 5.92 Å². The molecule has 1 aliphatic carbocycles. The minimum atomic E-state index is 0.486. The molecule has 0 aromatic heterocycles. The van der Waals surface area contributed by atoms with Crippen LogP contribution in [0.5, 0.6) is 0 Å². The largest absolute Gasteiger partial charge is 0.123 e. The Kier molecular flexibility index (Phi) is 5.54. The van der Waals surface area contributed by atoms with E-state index in [9.17, 15) is 0 Å². The number of rotatable bonds is 6. The van der Waals surface area contributed by atoms with Gasteiger partial charge >= 0.3 is 0 Å². The first kappa shape index (κ1) is 11.1. The molecule has 0 bridgehead atoms. The Morgan fingerprint density at radius 2 is 2.08 bits per heavy atom. The van der Waals surface area contributed by atoms with Crippen molar-refractivity contribution in [2.75, 3.05) is 0 Å². The van der Waals surface area contributed by atoms with E-state index in [2.05, 4.69) is 6.58 Å². The van der Waals surface area contributed by atoms with Crippen LogP contribution in [0.3, 0.4) is 0 Å². The highest BCUT2D eigenvalue weighted by molar-refractivity contribution is 6.20. The molecule has 0 N–H and O–H groups in total. The summed E-state index contributed by atoms with van der Waals surface area (Å²) < 4.78 is 0. The van der Waals surface area contributed by atoms with Crippen molar-refractivity contribution in [2.45, 2.75) is 56.7 Å². The molecule has 0 aliphatic heterocycles. The fraction of sp³-hybridized carbons (Fsp3) is 0.833. The fourth-order valence-corrected chi connectivity index (χ4v) is 2.60. The molecule has 1 aliphatic rings. The summed E-state index contributed by atoms with van der Waals surface area (Å²) in [6.45, 7) is 3.73. The first-order chi connectivity index (χ1) is 6.34. The van der Waals surface area contributed by atoms with Gasteiger partial charge in [-0.15, -0.1) is 18.2 Å². The second-order valence-electron chi connectivity index (χ2n) is 4.13. The molecule has 1 saturated carbocycles. The van der Waals surface area contributed by atoms with Gasteiger partial charge in [-0.2, -0.15) is 0 Å². The molecule has 0 aromatic carbocycles. The maximum Gasteiger partial charge on any atom is 0.0364 e. The molecule has 2 atom stereocenters. The average Bonchev–Trinajstić information content (AvgIpc) is 2.52. The number of unbranched alkanes of at least 4 members (excludes halogenated alkanes) is 3. The smallest absolute Gasteiger partial charge is 0.0364 e.